The van der Waals surface area contributed by atoms with Crippen molar-refractivity contribution < 1.29 is 4.74 Å². The summed E-state index contributed by atoms with van der Waals surface area (Å²) in [6, 6.07) is 3.79. The minimum atomic E-state index is 0.699. The number of ether oxygens (including phenoxy) is 1. The molecular weight excluding hydrogens is 256 g/mol. The first-order chi connectivity index (χ1) is 7.20. The minimum absolute atomic E-state index is 0.699. The van der Waals surface area contributed by atoms with Crippen LogP contribution in [0.25, 0.3) is 0 Å². The second-order valence-corrected chi connectivity index (χ2v) is 4.17. The maximum Gasteiger partial charge on any atom is 0.144 e. The van der Waals surface area contributed by atoms with E-state index in [0.29, 0.717) is 5.69 Å². The highest BCUT2D eigenvalue weighted by Crippen LogP contribution is 2.36. The Balaban J connectivity index is 2.86. The van der Waals surface area contributed by atoms with E-state index in [1.807, 2.05) is 12.1 Å². The SMILES string of the molecule is CCCCNc1c(OC)ccc(Br)c1N. The fraction of sp³-hybridized carbons (Fsp3) is 0.455. The van der Waals surface area contributed by atoms with Gasteiger partial charge in [-0.05, 0) is 34.5 Å². The summed E-state index contributed by atoms with van der Waals surface area (Å²) >= 11 is 3.40. The van der Waals surface area contributed by atoms with E-state index in [1.54, 1.807) is 7.11 Å². The fourth-order valence-corrected chi connectivity index (χ4v) is 1.65. The molecule has 0 fully saturated rings. The zero-order valence-electron chi connectivity index (χ0n) is 9.14. The molecule has 84 valence electrons. The largest absolute Gasteiger partial charge is 0.495 e. The number of nitrogens with two attached hydrogens (primary N) is 1. The first-order valence-corrected chi connectivity index (χ1v) is 5.85. The maximum atomic E-state index is 5.95. The quantitative estimate of drug-likeness (QED) is 0.639. The summed E-state index contributed by atoms with van der Waals surface area (Å²) in [4.78, 5) is 0. The molecule has 0 saturated heterocycles. The molecule has 3 nitrogen and oxygen atoms in total. The molecule has 0 heterocycles. The zero-order valence-corrected chi connectivity index (χ0v) is 10.7. The predicted octanol–water partition coefficient (Wildman–Crippen LogP) is 3.25. The average Bonchev–Trinajstić information content (AvgIpc) is 2.25. The minimum Gasteiger partial charge on any atom is -0.495 e. The van der Waals surface area contributed by atoms with Gasteiger partial charge in [0.05, 0.1) is 12.8 Å². The topological polar surface area (TPSA) is 47.3 Å². The van der Waals surface area contributed by atoms with E-state index < -0.39 is 0 Å². The van der Waals surface area contributed by atoms with Gasteiger partial charge in [-0.1, -0.05) is 13.3 Å². The molecule has 0 amide bonds. The van der Waals surface area contributed by atoms with Crippen molar-refractivity contribution in [3.8, 4) is 5.75 Å². The van der Waals surface area contributed by atoms with Crippen LogP contribution in [0.15, 0.2) is 16.6 Å². The van der Waals surface area contributed by atoms with Gasteiger partial charge < -0.3 is 15.8 Å². The molecule has 1 rings (SSSR count). The summed E-state index contributed by atoms with van der Waals surface area (Å²) < 4.78 is 6.14. The Labute approximate surface area is 99.1 Å². The van der Waals surface area contributed by atoms with Crippen molar-refractivity contribution in [2.45, 2.75) is 19.8 Å². The molecule has 0 saturated carbocycles. The van der Waals surface area contributed by atoms with Crippen molar-refractivity contribution in [1.29, 1.82) is 0 Å². The molecule has 1 aromatic rings. The van der Waals surface area contributed by atoms with Gasteiger partial charge in [0, 0.05) is 11.0 Å². The molecule has 0 unspecified atom stereocenters. The summed E-state index contributed by atoms with van der Waals surface area (Å²) in [5.41, 5.74) is 7.53. The van der Waals surface area contributed by atoms with Crippen molar-refractivity contribution in [2.75, 3.05) is 24.7 Å². The van der Waals surface area contributed by atoms with Gasteiger partial charge >= 0.3 is 0 Å². The Hall–Kier alpha value is -0.900. The Bertz CT molecular complexity index is 329. The molecule has 0 aliphatic carbocycles. The van der Waals surface area contributed by atoms with Crippen LogP contribution in [-0.2, 0) is 0 Å². The standard InChI is InChI=1S/C11H17BrN2O/c1-3-4-7-14-11-9(15-2)6-5-8(12)10(11)13/h5-6,14H,3-4,7,13H2,1-2H3. The number of hydrogen-bond donors (Lipinski definition) is 2. The molecule has 4 heteroatoms. The maximum absolute atomic E-state index is 5.95. The third-order valence-corrected chi connectivity index (χ3v) is 2.90. The Morgan fingerprint density at radius 1 is 1.47 bits per heavy atom. The number of rotatable bonds is 5. The van der Waals surface area contributed by atoms with Crippen LogP contribution in [-0.4, -0.2) is 13.7 Å². The highest BCUT2D eigenvalue weighted by Gasteiger charge is 2.09. The van der Waals surface area contributed by atoms with E-state index in [-0.39, 0.29) is 0 Å². The monoisotopic (exact) mass is 272 g/mol. The lowest BCUT2D eigenvalue weighted by molar-refractivity contribution is 0.416. The summed E-state index contributed by atoms with van der Waals surface area (Å²) in [5.74, 6) is 0.784. The number of nitrogen functional groups attached to an aromatic ring is 1. The molecule has 0 spiro atoms. The highest BCUT2D eigenvalue weighted by molar-refractivity contribution is 9.10. The fourth-order valence-electron chi connectivity index (χ4n) is 1.32. The number of halogens is 1. The van der Waals surface area contributed by atoms with Gasteiger partial charge in [0.25, 0.3) is 0 Å². The molecule has 0 aliphatic heterocycles. The molecule has 0 aliphatic rings. The molecule has 3 N–H and O–H groups in total. The van der Waals surface area contributed by atoms with Crippen molar-refractivity contribution in [3.63, 3.8) is 0 Å². The van der Waals surface area contributed by atoms with Crippen LogP contribution in [0.4, 0.5) is 11.4 Å². The number of benzene rings is 1. The third kappa shape index (κ3) is 3.02. The summed E-state index contributed by atoms with van der Waals surface area (Å²) in [6.07, 6.45) is 2.28. The Morgan fingerprint density at radius 3 is 2.80 bits per heavy atom. The molecule has 1 aromatic carbocycles. The van der Waals surface area contributed by atoms with Crippen LogP contribution < -0.4 is 15.8 Å². The van der Waals surface area contributed by atoms with Gasteiger partial charge in [-0.3, -0.25) is 0 Å². The summed E-state index contributed by atoms with van der Waals surface area (Å²) in [7, 11) is 1.65. The number of hydrogen-bond acceptors (Lipinski definition) is 3. The normalized spacial score (nSPS) is 10.1. The second-order valence-electron chi connectivity index (χ2n) is 3.32. The molecule has 0 aromatic heterocycles. The van der Waals surface area contributed by atoms with Crippen molar-refractivity contribution in [3.05, 3.63) is 16.6 Å². The third-order valence-electron chi connectivity index (χ3n) is 2.21. The Morgan fingerprint density at radius 2 is 2.20 bits per heavy atom. The van der Waals surface area contributed by atoms with Gasteiger partial charge in [-0.2, -0.15) is 0 Å². The number of unbranched alkanes of at least 4 members (excludes halogenated alkanes) is 1. The average molecular weight is 273 g/mol. The smallest absolute Gasteiger partial charge is 0.144 e. The van der Waals surface area contributed by atoms with Gasteiger partial charge in [-0.25, -0.2) is 0 Å². The second kappa shape index (κ2) is 5.85. The predicted molar refractivity (Wildman–Crippen MR) is 68.5 cm³/mol. The van der Waals surface area contributed by atoms with E-state index in [0.717, 1.165) is 35.3 Å². The van der Waals surface area contributed by atoms with Crippen LogP contribution in [0.2, 0.25) is 0 Å². The van der Waals surface area contributed by atoms with Gasteiger partial charge in [-0.15, -0.1) is 0 Å². The lowest BCUT2D eigenvalue weighted by Gasteiger charge is -2.14. The van der Waals surface area contributed by atoms with Crippen LogP contribution in [0, 0.1) is 0 Å². The van der Waals surface area contributed by atoms with E-state index in [1.165, 1.54) is 0 Å². The lowest BCUT2D eigenvalue weighted by Crippen LogP contribution is -2.06. The Kier molecular flexibility index (Phi) is 4.75. The van der Waals surface area contributed by atoms with E-state index >= 15 is 0 Å². The number of methoxy groups -OCH3 is 1. The number of nitrogens with one attached hydrogen (secondary N) is 1. The van der Waals surface area contributed by atoms with Crippen LogP contribution in [0.5, 0.6) is 5.75 Å². The van der Waals surface area contributed by atoms with Gasteiger partial charge in [0.2, 0.25) is 0 Å². The van der Waals surface area contributed by atoms with Crippen molar-refractivity contribution in [1.82, 2.24) is 0 Å². The number of anilines is 2. The molecule has 15 heavy (non-hydrogen) atoms. The van der Waals surface area contributed by atoms with Crippen molar-refractivity contribution >= 4 is 27.3 Å². The lowest BCUT2D eigenvalue weighted by atomic mass is 10.2. The van der Waals surface area contributed by atoms with Crippen LogP contribution in [0.3, 0.4) is 0 Å². The molecule has 0 bridgehead atoms. The van der Waals surface area contributed by atoms with E-state index in [4.69, 9.17) is 10.5 Å². The van der Waals surface area contributed by atoms with Crippen LogP contribution >= 0.6 is 15.9 Å². The zero-order chi connectivity index (χ0) is 11.3. The first kappa shape index (κ1) is 12.2. The summed E-state index contributed by atoms with van der Waals surface area (Å²) in [6.45, 7) is 3.07. The molecule has 0 radical (unpaired) electrons. The van der Waals surface area contributed by atoms with Gasteiger partial charge in [0.15, 0.2) is 0 Å². The highest BCUT2D eigenvalue weighted by atomic mass is 79.9. The first-order valence-electron chi connectivity index (χ1n) is 5.06. The van der Waals surface area contributed by atoms with Gasteiger partial charge in [0.1, 0.15) is 11.4 Å². The van der Waals surface area contributed by atoms with E-state index in [2.05, 4.69) is 28.2 Å². The molecule has 0 atom stereocenters. The molecular formula is C11H17BrN2O. The van der Waals surface area contributed by atoms with E-state index in [9.17, 15) is 0 Å². The van der Waals surface area contributed by atoms with Crippen LogP contribution in [0.1, 0.15) is 19.8 Å². The summed E-state index contributed by atoms with van der Waals surface area (Å²) in [5, 5.41) is 3.29. The van der Waals surface area contributed by atoms with Crippen molar-refractivity contribution in [2.24, 2.45) is 0 Å².